The minimum Gasteiger partial charge on any atom is -0.496 e. The molecule has 2 aromatic carbocycles. The summed E-state index contributed by atoms with van der Waals surface area (Å²) < 4.78 is 23.7. The third kappa shape index (κ3) is 3.25. The van der Waals surface area contributed by atoms with E-state index in [0.717, 1.165) is 0 Å². The molecule has 2 N–H and O–H groups in total. The van der Waals surface area contributed by atoms with E-state index in [2.05, 4.69) is 0 Å². The zero-order valence-electron chi connectivity index (χ0n) is 11.2. The maximum absolute atomic E-state index is 13.6. The molecule has 0 bridgehead atoms. The summed E-state index contributed by atoms with van der Waals surface area (Å²) in [4.78, 5) is 12.1. The molecule has 110 valence electrons. The highest BCUT2D eigenvalue weighted by Crippen LogP contribution is 2.26. The summed E-state index contributed by atoms with van der Waals surface area (Å²) in [6.45, 7) is -0.290. The second-order valence-electron chi connectivity index (χ2n) is 4.20. The molecule has 2 aromatic rings. The van der Waals surface area contributed by atoms with Crippen molar-refractivity contribution in [3.05, 3.63) is 58.4 Å². The molecule has 0 radical (unpaired) electrons. The average molecular weight is 310 g/mol. The molecule has 21 heavy (non-hydrogen) atoms. The number of hydrogen-bond acceptors (Lipinski definition) is 4. The summed E-state index contributed by atoms with van der Waals surface area (Å²) in [5.74, 6) is -0.952. The van der Waals surface area contributed by atoms with Crippen molar-refractivity contribution < 1.29 is 18.7 Å². The summed E-state index contributed by atoms with van der Waals surface area (Å²) in [6, 6.07) is 9.02. The first-order valence-electron chi connectivity index (χ1n) is 6.07. The second kappa shape index (κ2) is 6.45. The van der Waals surface area contributed by atoms with Crippen LogP contribution < -0.4 is 10.5 Å². The summed E-state index contributed by atoms with van der Waals surface area (Å²) in [5.41, 5.74) is 6.18. The fraction of sp³-hybridized carbons (Fsp3) is 0.133. The molecule has 0 aliphatic heterocycles. The van der Waals surface area contributed by atoms with Gasteiger partial charge < -0.3 is 15.2 Å². The van der Waals surface area contributed by atoms with Crippen LogP contribution in [0.25, 0.3) is 0 Å². The Kier molecular flexibility index (Phi) is 4.65. The highest BCUT2D eigenvalue weighted by Gasteiger charge is 2.18. The lowest BCUT2D eigenvalue weighted by Crippen LogP contribution is -2.11. The van der Waals surface area contributed by atoms with E-state index in [1.807, 2.05) is 0 Å². The van der Waals surface area contributed by atoms with Crippen LogP contribution in [0, 0.1) is 5.82 Å². The van der Waals surface area contributed by atoms with Gasteiger partial charge >= 0.3 is 5.97 Å². The van der Waals surface area contributed by atoms with Crippen LogP contribution in [0.4, 0.5) is 10.1 Å². The fourth-order valence-electron chi connectivity index (χ4n) is 1.82. The molecular formula is C15H13ClFNO3. The molecule has 0 saturated heterocycles. The van der Waals surface area contributed by atoms with Gasteiger partial charge in [-0.3, -0.25) is 0 Å². The van der Waals surface area contributed by atoms with Crippen LogP contribution in [0.5, 0.6) is 5.75 Å². The first kappa shape index (κ1) is 15.1. The molecule has 4 nitrogen and oxygen atoms in total. The molecule has 0 unspecified atom stereocenters. The van der Waals surface area contributed by atoms with Crippen molar-refractivity contribution in [1.82, 2.24) is 0 Å². The van der Waals surface area contributed by atoms with Gasteiger partial charge in [0.05, 0.1) is 12.1 Å². The van der Waals surface area contributed by atoms with Gasteiger partial charge in [0.1, 0.15) is 23.7 Å². The van der Waals surface area contributed by atoms with E-state index < -0.39 is 11.8 Å². The smallest absolute Gasteiger partial charge is 0.344 e. The number of ether oxygens (including phenoxy) is 2. The van der Waals surface area contributed by atoms with Crippen LogP contribution in [0.3, 0.4) is 0 Å². The third-order valence-electron chi connectivity index (χ3n) is 2.89. The Morgan fingerprint density at radius 1 is 1.29 bits per heavy atom. The molecule has 0 aliphatic rings. The first-order valence-corrected chi connectivity index (χ1v) is 6.45. The van der Waals surface area contributed by atoms with Crippen LogP contribution in [0.15, 0.2) is 36.4 Å². The Bertz CT molecular complexity index is 656. The predicted molar refractivity (Wildman–Crippen MR) is 77.9 cm³/mol. The SMILES string of the molecule is COc1cccc(N)c1C(=O)OCc1c(F)cccc1Cl. The molecule has 0 atom stereocenters. The summed E-state index contributed by atoms with van der Waals surface area (Å²) in [5, 5.41) is 0.191. The lowest BCUT2D eigenvalue weighted by atomic mass is 10.1. The number of rotatable bonds is 4. The van der Waals surface area contributed by atoms with Gasteiger partial charge in [0.25, 0.3) is 0 Å². The Balaban J connectivity index is 2.20. The highest BCUT2D eigenvalue weighted by atomic mass is 35.5. The number of halogens is 2. The summed E-state index contributed by atoms with van der Waals surface area (Å²) >= 11 is 5.87. The third-order valence-corrected chi connectivity index (χ3v) is 3.25. The number of hydrogen-bond donors (Lipinski definition) is 1. The minimum absolute atomic E-state index is 0.104. The molecule has 0 saturated carbocycles. The largest absolute Gasteiger partial charge is 0.496 e. The molecule has 0 fully saturated rings. The van der Waals surface area contributed by atoms with Gasteiger partial charge in [-0.2, -0.15) is 0 Å². The lowest BCUT2D eigenvalue weighted by Gasteiger charge is -2.11. The Morgan fingerprint density at radius 2 is 2.00 bits per heavy atom. The van der Waals surface area contributed by atoms with Gasteiger partial charge in [-0.1, -0.05) is 23.7 Å². The number of anilines is 1. The van der Waals surface area contributed by atoms with Crippen LogP contribution >= 0.6 is 11.6 Å². The topological polar surface area (TPSA) is 61.5 Å². The maximum Gasteiger partial charge on any atom is 0.344 e. The number of benzene rings is 2. The fourth-order valence-corrected chi connectivity index (χ4v) is 2.03. The molecular weight excluding hydrogens is 297 g/mol. The van der Waals surface area contributed by atoms with E-state index in [-0.39, 0.29) is 28.4 Å². The van der Waals surface area contributed by atoms with Crippen molar-refractivity contribution in [3.63, 3.8) is 0 Å². The van der Waals surface area contributed by atoms with Gasteiger partial charge in [0, 0.05) is 11.3 Å². The van der Waals surface area contributed by atoms with E-state index in [1.165, 1.54) is 25.3 Å². The Morgan fingerprint density at radius 3 is 2.67 bits per heavy atom. The quantitative estimate of drug-likeness (QED) is 0.694. The zero-order valence-corrected chi connectivity index (χ0v) is 12.0. The van der Waals surface area contributed by atoms with Crippen molar-refractivity contribution >= 4 is 23.3 Å². The lowest BCUT2D eigenvalue weighted by molar-refractivity contribution is 0.0467. The Labute approximate surface area is 126 Å². The van der Waals surface area contributed by atoms with Crippen molar-refractivity contribution in [1.29, 1.82) is 0 Å². The van der Waals surface area contributed by atoms with Gasteiger partial charge in [0.15, 0.2) is 0 Å². The molecule has 0 amide bonds. The van der Waals surface area contributed by atoms with Crippen molar-refractivity contribution in [2.24, 2.45) is 0 Å². The summed E-state index contributed by atoms with van der Waals surface area (Å²) in [6.07, 6.45) is 0. The van der Waals surface area contributed by atoms with E-state index >= 15 is 0 Å². The van der Waals surface area contributed by atoms with Crippen LogP contribution in [-0.2, 0) is 11.3 Å². The standard InChI is InChI=1S/C15H13ClFNO3/c1-20-13-7-3-6-12(18)14(13)15(19)21-8-9-10(16)4-2-5-11(9)17/h2-7H,8,18H2,1H3. The maximum atomic E-state index is 13.6. The number of carbonyl (C=O) groups excluding carboxylic acids is 1. The van der Waals surface area contributed by atoms with Crippen LogP contribution in [0.2, 0.25) is 5.02 Å². The second-order valence-corrected chi connectivity index (χ2v) is 4.61. The minimum atomic E-state index is -0.704. The number of nitrogens with two attached hydrogens (primary N) is 1. The molecule has 6 heteroatoms. The van der Waals surface area contributed by atoms with Gasteiger partial charge in [-0.25, -0.2) is 9.18 Å². The van der Waals surface area contributed by atoms with Crippen molar-refractivity contribution in [3.8, 4) is 5.75 Å². The van der Waals surface area contributed by atoms with E-state index in [4.69, 9.17) is 26.8 Å². The Hall–Kier alpha value is -2.27. The number of methoxy groups -OCH3 is 1. The van der Waals surface area contributed by atoms with Gasteiger partial charge in [-0.05, 0) is 24.3 Å². The number of esters is 1. The number of carbonyl (C=O) groups is 1. The zero-order chi connectivity index (χ0) is 15.4. The normalized spacial score (nSPS) is 10.2. The average Bonchev–Trinajstić information content (AvgIpc) is 2.46. The van der Waals surface area contributed by atoms with Crippen LogP contribution in [0.1, 0.15) is 15.9 Å². The molecule has 2 rings (SSSR count). The van der Waals surface area contributed by atoms with Gasteiger partial charge in [0.2, 0.25) is 0 Å². The van der Waals surface area contributed by atoms with Crippen molar-refractivity contribution in [2.45, 2.75) is 6.61 Å². The predicted octanol–water partition coefficient (Wildman–Crippen LogP) is 3.43. The monoisotopic (exact) mass is 309 g/mol. The number of nitrogen functional groups attached to an aromatic ring is 1. The highest BCUT2D eigenvalue weighted by molar-refractivity contribution is 6.31. The van der Waals surface area contributed by atoms with Crippen LogP contribution in [-0.4, -0.2) is 13.1 Å². The molecule has 0 aliphatic carbocycles. The van der Waals surface area contributed by atoms with E-state index in [1.54, 1.807) is 18.2 Å². The van der Waals surface area contributed by atoms with Crippen molar-refractivity contribution in [2.75, 3.05) is 12.8 Å². The van der Waals surface area contributed by atoms with E-state index in [0.29, 0.717) is 5.75 Å². The first-order chi connectivity index (χ1) is 10.0. The molecule has 0 aromatic heterocycles. The van der Waals surface area contributed by atoms with E-state index in [9.17, 15) is 9.18 Å². The van der Waals surface area contributed by atoms with Gasteiger partial charge in [-0.15, -0.1) is 0 Å². The molecule has 0 spiro atoms. The summed E-state index contributed by atoms with van der Waals surface area (Å²) in [7, 11) is 1.42. The molecule has 0 heterocycles.